The van der Waals surface area contributed by atoms with Gasteiger partial charge in [0.25, 0.3) is 0 Å². The maximum atomic E-state index is 12.7. The zero-order chi connectivity index (χ0) is 14.4. The van der Waals surface area contributed by atoms with Crippen molar-refractivity contribution in [2.24, 2.45) is 0 Å². The fourth-order valence-corrected chi connectivity index (χ4v) is 2.09. The molecule has 0 atom stereocenters. The van der Waals surface area contributed by atoms with E-state index < -0.39 is 0 Å². The molecule has 1 amide bonds. The van der Waals surface area contributed by atoms with Crippen LogP contribution in [0.15, 0.2) is 24.3 Å². The summed E-state index contributed by atoms with van der Waals surface area (Å²) in [5.74, 6) is 0.166. The number of benzene rings is 1. The second-order valence-corrected chi connectivity index (χ2v) is 5.26. The highest BCUT2D eigenvalue weighted by Crippen LogP contribution is 2.14. The highest BCUT2D eigenvalue weighted by Gasteiger charge is 2.06. The average molecular weight is 295 g/mol. The van der Waals surface area contributed by atoms with E-state index in [1.54, 1.807) is 12.1 Å². The van der Waals surface area contributed by atoms with Gasteiger partial charge in [0.2, 0.25) is 11.0 Å². The van der Waals surface area contributed by atoms with Gasteiger partial charge in [0.15, 0.2) is 0 Å². The molecular weight excluding hydrogens is 281 g/mol. The molecule has 20 heavy (non-hydrogen) atoms. The topological polar surface area (TPSA) is 64.1 Å². The van der Waals surface area contributed by atoms with Gasteiger partial charge in [-0.15, -0.1) is 10.2 Å². The summed E-state index contributed by atoms with van der Waals surface area (Å²) in [6.07, 6.45) is 0.904. The summed E-state index contributed by atoms with van der Waals surface area (Å²) in [7, 11) is 0. The monoisotopic (exact) mass is 295 g/mol. The van der Waals surface area contributed by atoms with Gasteiger partial charge in [0.05, 0.1) is 6.61 Å². The van der Waals surface area contributed by atoms with E-state index in [2.05, 4.69) is 15.5 Å². The van der Waals surface area contributed by atoms with Gasteiger partial charge < -0.3 is 10.1 Å². The molecule has 2 rings (SSSR count). The molecule has 0 aliphatic rings. The van der Waals surface area contributed by atoms with Crippen molar-refractivity contribution in [2.75, 3.05) is 11.9 Å². The number of aromatic nitrogens is 2. The quantitative estimate of drug-likeness (QED) is 0.832. The third-order valence-electron chi connectivity index (χ3n) is 2.40. The first kappa shape index (κ1) is 14.4. The molecule has 0 aliphatic heterocycles. The highest BCUT2D eigenvalue weighted by molar-refractivity contribution is 7.15. The molecule has 0 saturated heterocycles. The van der Waals surface area contributed by atoms with Crippen LogP contribution in [-0.4, -0.2) is 22.7 Å². The highest BCUT2D eigenvalue weighted by atomic mass is 32.1. The van der Waals surface area contributed by atoms with Crippen molar-refractivity contribution in [3.63, 3.8) is 0 Å². The van der Waals surface area contributed by atoms with Crippen LogP contribution in [0.3, 0.4) is 0 Å². The van der Waals surface area contributed by atoms with Crippen molar-refractivity contribution in [3.05, 3.63) is 35.1 Å². The Hall–Kier alpha value is -2.02. The number of carbonyl (C=O) groups is 1. The number of carbonyl (C=O) groups excluding carboxylic acids is 1. The Labute approximate surface area is 119 Å². The Morgan fingerprint density at radius 3 is 2.75 bits per heavy atom. The van der Waals surface area contributed by atoms with E-state index in [-0.39, 0.29) is 11.7 Å². The molecular formula is C13H14FN3O2S. The van der Waals surface area contributed by atoms with Crippen LogP contribution in [0.2, 0.25) is 0 Å². The minimum Gasteiger partial charge on any atom is -0.494 e. The Balaban J connectivity index is 1.65. The molecule has 1 aromatic carbocycles. The fourth-order valence-electron chi connectivity index (χ4n) is 1.48. The molecule has 1 heterocycles. The number of amides is 1. The van der Waals surface area contributed by atoms with Crippen LogP contribution in [-0.2, 0) is 4.79 Å². The summed E-state index contributed by atoms with van der Waals surface area (Å²) in [6.45, 7) is 2.22. The Kier molecular flexibility index (Phi) is 5.00. The van der Waals surface area contributed by atoms with Gasteiger partial charge in [0, 0.05) is 6.42 Å². The molecule has 2 aromatic rings. The van der Waals surface area contributed by atoms with Gasteiger partial charge in [-0.1, -0.05) is 11.3 Å². The van der Waals surface area contributed by atoms with E-state index in [9.17, 15) is 9.18 Å². The molecule has 1 aromatic heterocycles. The minimum atomic E-state index is -0.302. The number of ether oxygens (including phenoxy) is 1. The van der Waals surface area contributed by atoms with Crippen molar-refractivity contribution in [2.45, 2.75) is 19.8 Å². The first-order valence-corrected chi connectivity index (χ1v) is 6.93. The summed E-state index contributed by atoms with van der Waals surface area (Å²) in [6, 6.07) is 5.78. The van der Waals surface area contributed by atoms with Gasteiger partial charge in [-0.3, -0.25) is 4.79 Å². The SMILES string of the molecule is Cc1nnc(NC(=O)CCCOc2ccc(F)cc2)s1. The molecule has 0 bridgehead atoms. The van der Waals surface area contributed by atoms with Crippen molar-refractivity contribution >= 4 is 22.4 Å². The van der Waals surface area contributed by atoms with E-state index in [4.69, 9.17) is 4.74 Å². The normalized spacial score (nSPS) is 10.3. The summed E-state index contributed by atoms with van der Waals surface area (Å²) >= 11 is 1.33. The molecule has 106 valence electrons. The molecule has 0 radical (unpaired) electrons. The zero-order valence-electron chi connectivity index (χ0n) is 10.9. The lowest BCUT2D eigenvalue weighted by Gasteiger charge is -2.05. The fraction of sp³-hybridized carbons (Fsp3) is 0.308. The zero-order valence-corrected chi connectivity index (χ0v) is 11.7. The van der Waals surface area contributed by atoms with Crippen LogP contribution >= 0.6 is 11.3 Å². The molecule has 0 saturated carbocycles. The molecule has 5 nitrogen and oxygen atoms in total. The van der Waals surface area contributed by atoms with Crippen LogP contribution < -0.4 is 10.1 Å². The van der Waals surface area contributed by atoms with Crippen molar-refractivity contribution in [1.29, 1.82) is 0 Å². The number of hydrogen-bond acceptors (Lipinski definition) is 5. The maximum absolute atomic E-state index is 12.7. The van der Waals surface area contributed by atoms with Crippen LogP contribution in [0, 0.1) is 12.7 Å². The van der Waals surface area contributed by atoms with Gasteiger partial charge in [-0.2, -0.15) is 0 Å². The van der Waals surface area contributed by atoms with Crippen molar-refractivity contribution < 1.29 is 13.9 Å². The lowest BCUT2D eigenvalue weighted by Crippen LogP contribution is -2.12. The average Bonchev–Trinajstić information content (AvgIpc) is 2.82. The second-order valence-electron chi connectivity index (χ2n) is 4.08. The lowest BCUT2D eigenvalue weighted by atomic mass is 10.3. The van der Waals surface area contributed by atoms with Gasteiger partial charge >= 0.3 is 0 Å². The summed E-state index contributed by atoms with van der Waals surface area (Å²) < 4.78 is 18.1. The number of nitrogens with one attached hydrogen (secondary N) is 1. The minimum absolute atomic E-state index is 0.121. The Bertz CT molecular complexity index is 571. The van der Waals surface area contributed by atoms with E-state index in [0.29, 0.717) is 30.3 Å². The van der Waals surface area contributed by atoms with E-state index in [1.807, 2.05) is 6.92 Å². The maximum Gasteiger partial charge on any atom is 0.226 e. The van der Waals surface area contributed by atoms with E-state index in [0.717, 1.165) is 5.01 Å². The number of hydrogen-bond donors (Lipinski definition) is 1. The van der Waals surface area contributed by atoms with Crippen molar-refractivity contribution in [1.82, 2.24) is 10.2 Å². The van der Waals surface area contributed by atoms with E-state index in [1.165, 1.54) is 23.5 Å². The largest absolute Gasteiger partial charge is 0.494 e. The number of aryl methyl sites for hydroxylation is 1. The van der Waals surface area contributed by atoms with Crippen LogP contribution in [0.4, 0.5) is 9.52 Å². The number of rotatable bonds is 6. The third-order valence-corrected chi connectivity index (χ3v) is 3.16. The van der Waals surface area contributed by atoms with Gasteiger partial charge in [-0.05, 0) is 37.6 Å². The number of halogens is 1. The first-order valence-electron chi connectivity index (χ1n) is 6.12. The smallest absolute Gasteiger partial charge is 0.226 e. The number of anilines is 1. The number of nitrogens with zero attached hydrogens (tertiary/aromatic N) is 2. The Morgan fingerprint density at radius 1 is 1.35 bits per heavy atom. The lowest BCUT2D eigenvalue weighted by molar-refractivity contribution is -0.116. The standard InChI is InChI=1S/C13H14FN3O2S/c1-9-16-17-13(20-9)15-12(18)3-2-8-19-11-6-4-10(14)5-7-11/h4-7H,2-3,8H2,1H3,(H,15,17,18). The summed E-state index contributed by atoms with van der Waals surface area (Å²) in [5, 5.41) is 11.6. The Morgan fingerprint density at radius 2 is 2.10 bits per heavy atom. The second kappa shape index (κ2) is 6.95. The van der Waals surface area contributed by atoms with Gasteiger partial charge in [-0.25, -0.2) is 4.39 Å². The molecule has 0 unspecified atom stereocenters. The van der Waals surface area contributed by atoms with Crippen LogP contribution in [0.25, 0.3) is 0 Å². The first-order chi connectivity index (χ1) is 9.63. The molecule has 0 fully saturated rings. The molecule has 7 heteroatoms. The van der Waals surface area contributed by atoms with E-state index >= 15 is 0 Å². The predicted molar refractivity (Wildman–Crippen MR) is 74.4 cm³/mol. The third kappa shape index (κ3) is 4.58. The van der Waals surface area contributed by atoms with Gasteiger partial charge in [0.1, 0.15) is 16.6 Å². The molecule has 1 N–H and O–H groups in total. The predicted octanol–water partition coefficient (Wildman–Crippen LogP) is 2.78. The molecule has 0 spiro atoms. The van der Waals surface area contributed by atoms with Crippen LogP contribution in [0.5, 0.6) is 5.75 Å². The van der Waals surface area contributed by atoms with Crippen molar-refractivity contribution in [3.8, 4) is 5.75 Å². The molecule has 0 aliphatic carbocycles. The summed E-state index contributed by atoms with van der Waals surface area (Å²) in [4.78, 5) is 11.6. The summed E-state index contributed by atoms with van der Waals surface area (Å²) in [5.41, 5.74) is 0. The van der Waals surface area contributed by atoms with Crippen LogP contribution in [0.1, 0.15) is 17.8 Å².